The van der Waals surface area contributed by atoms with Crippen LogP contribution in [0.5, 0.6) is 0 Å². The molecule has 1 atom stereocenters. The van der Waals surface area contributed by atoms with Gasteiger partial charge in [-0.25, -0.2) is 14.8 Å². The Kier molecular flexibility index (Phi) is 4.89. The quantitative estimate of drug-likeness (QED) is 0.883. The fraction of sp³-hybridized carbons (Fsp3) is 0.643. The van der Waals surface area contributed by atoms with E-state index in [1.54, 1.807) is 7.11 Å². The Morgan fingerprint density at radius 2 is 2.30 bits per heavy atom. The van der Waals surface area contributed by atoms with Crippen LogP contribution in [0.1, 0.15) is 37.7 Å². The number of carboxylic acids is 1. The molecule has 0 aromatic carbocycles. The highest BCUT2D eigenvalue weighted by molar-refractivity contribution is 5.78. The molecule has 20 heavy (non-hydrogen) atoms. The Bertz CT molecular complexity index is 479. The molecule has 1 saturated heterocycles. The van der Waals surface area contributed by atoms with Gasteiger partial charge < -0.3 is 14.7 Å². The fourth-order valence-corrected chi connectivity index (χ4v) is 2.53. The molecule has 0 radical (unpaired) electrons. The summed E-state index contributed by atoms with van der Waals surface area (Å²) in [5, 5.41) is 9.36. The molecule has 6 heteroatoms. The van der Waals surface area contributed by atoms with Crippen LogP contribution in [-0.4, -0.2) is 40.7 Å². The van der Waals surface area contributed by atoms with Crippen LogP contribution in [0.15, 0.2) is 6.07 Å². The highest BCUT2D eigenvalue weighted by atomic mass is 16.5. The molecule has 1 aliphatic rings. The van der Waals surface area contributed by atoms with Crippen molar-refractivity contribution in [2.45, 2.75) is 45.3 Å². The molecule has 2 rings (SSSR count). The number of hydrogen-bond donors (Lipinski definition) is 1. The van der Waals surface area contributed by atoms with E-state index in [0.717, 1.165) is 37.3 Å². The van der Waals surface area contributed by atoms with Crippen molar-refractivity contribution in [2.75, 3.05) is 18.6 Å². The van der Waals surface area contributed by atoms with Crippen molar-refractivity contribution in [2.24, 2.45) is 0 Å². The number of aryl methyl sites for hydroxylation is 1. The van der Waals surface area contributed by atoms with E-state index in [0.29, 0.717) is 18.8 Å². The van der Waals surface area contributed by atoms with Gasteiger partial charge in [-0.15, -0.1) is 0 Å². The topological polar surface area (TPSA) is 75.5 Å². The Morgan fingerprint density at radius 1 is 1.50 bits per heavy atom. The molecule has 1 aromatic heterocycles. The first-order valence-corrected chi connectivity index (χ1v) is 7.01. The number of aromatic nitrogens is 2. The van der Waals surface area contributed by atoms with Crippen LogP contribution in [0.3, 0.4) is 0 Å². The van der Waals surface area contributed by atoms with Crippen LogP contribution in [0.25, 0.3) is 0 Å². The van der Waals surface area contributed by atoms with Gasteiger partial charge in [0.05, 0.1) is 12.3 Å². The number of hydrogen-bond acceptors (Lipinski definition) is 5. The summed E-state index contributed by atoms with van der Waals surface area (Å²) >= 11 is 0. The first kappa shape index (κ1) is 14.7. The number of rotatable bonds is 5. The third kappa shape index (κ3) is 3.25. The van der Waals surface area contributed by atoms with E-state index in [1.807, 2.05) is 17.9 Å². The number of carboxylic acid groups (broad SMARTS) is 1. The van der Waals surface area contributed by atoms with Crippen molar-refractivity contribution in [1.29, 1.82) is 0 Å². The Labute approximate surface area is 118 Å². The van der Waals surface area contributed by atoms with Crippen molar-refractivity contribution < 1.29 is 14.6 Å². The van der Waals surface area contributed by atoms with Gasteiger partial charge in [-0.1, -0.05) is 6.92 Å². The molecular weight excluding hydrogens is 258 g/mol. The van der Waals surface area contributed by atoms with Gasteiger partial charge in [-0.3, -0.25) is 0 Å². The van der Waals surface area contributed by atoms with E-state index in [1.165, 1.54) is 0 Å². The highest BCUT2D eigenvalue weighted by Crippen LogP contribution is 2.24. The number of anilines is 1. The predicted molar refractivity (Wildman–Crippen MR) is 74.7 cm³/mol. The van der Waals surface area contributed by atoms with Gasteiger partial charge in [0.15, 0.2) is 0 Å². The van der Waals surface area contributed by atoms with Gasteiger partial charge in [0.2, 0.25) is 0 Å². The lowest BCUT2D eigenvalue weighted by atomic mass is 10.0. The van der Waals surface area contributed by atoms with Crippen LogP contribution in [-0.2, 0) is 22.6 Å². The molecule has 0 bridgehead atoms. The number of methoxy groups -OCH3 is 1. The van der Waals surface area contributed by atoms with Crippen LogP contribution in [0.4, 0.5) is 5.82 Å². The van der Waals surface area contributed by atoms with Gasteiger partial charge >= 0.3 is 5.97 Å². The Hall–Kier alpha value is -1.69. The first-order valence-electron chi connectivity index (χ1n) is 7.01. The number of aliphatic carboxylic acids is 1. The van der Waals surface area contributed by atoms with E-state index in [-0.39, 0.29) is 0 Å². The van der Waals surface area contributed by atoms with Gasteiger partial charge in [0.25, 0.3) is 0 Å². The predicted octanol–water partition coefficient (Wildman–Crippen LogP) is 1.63. The molecular formula is C14H21N3O3. The number of piperidine rings is 1. The second kappa shape index (κ2) is 6.65. The zero-order chi connectivity index (χ0) is 14.5. The summed E-state index contributed by atoms with van der Waals surface area (Å²) in [6.07, 6.45) is 3.33. The zero-order valence-electron chi connectivity index (χ0n) is 12.0. The maximum Gasteiger partial charge on any atom is 0.326 e. The van der Waals surface area contributed by atoms with E-state index in [2.05, 4.69) is 9.97 Å². The van der Waals surface area contributed by atoms with E-state index < -0.39 is 12.0 Å². The van der Waals surface area contributed by atoms with Crippen molar-refractivity contribution in [3.63, 3.8) is 0 Å². The van der Waals surface area contributed by atoms with Gasteiger partial charge in [0, 0.05) is 26.1 Å². The molecule has 1 aliphatic heterocycles. The van der Waals surface area contributed by atoms with Crippen molar-refractivity contribution in [3.8, 4) is 0 Å². The average molecular weight is 279 g/mol. The molecule has 6 nitrogen and oxygen atoms in total. The van der Waals surface area contributed by atoms with Crippen LogP contribution in [0, 0.1) is 0 Å². The third-order valence-corrected chi connectivity index (χ3v) is 3.50. The summed E-state index contributed by atoms with van der Waals surface area (Å²) in [5.74, 6) is 0.648. The minimum absolute atomic E-state index is 0.411. The zero-order valence-corrected chi connectivity index (χ0v) is 12.0. The summed E-state index contributed by atoms with van der Waals surface area (Å²) < 4.78 is 5.12. The lowest BCUT2D eigenvalue weighted by Crippen LogP contribution is -2.45. The smallest absolute Gasteiger partial charge is 0.326 e. The summed E-state index contributed by atoms with van der Waals surface area (Å²) in [6, 6.07) is 1.35. The molecule has 0 aliphatic carbocycles. The summed E-state index contributed by atoms with van der Waals surface area (Å²) in [4.78, 5) is 22.2. The normalized spacial score (nSPS) is 19.1. The number of carbonyl (C=O) groups is 1. The molecule has 0 amide bonds. The minimum atomic E-state index is -0.783. The lowest BCUT2D eigenvalue weighted by molar-refractivity contribution is -0.139. The fourth-order valence-electron chi connectivity index (χ4n) is 2.53. The molecule has 2 heterocycles. The van der Waals surface area contributed by atoms with Crippen molar-refractivity contribution in [3.05, 3.63) is 17.6 Å². The van der Waals surface area contributed by atoms with Crippen LogP contribution in [0.2, 0.25) is 0 Å². The Morgan fingerprint density at radius 3 is 2.95 bits per heavy atom. The van der Waals surface area contributed by atoms with E-state index in [9.17, 15) is 9.90 Å². The van der Waals surface area contributed by atoms with E-state index >= 15 is 0 Å². The third-order valence-electron chi connectivity index (χ3n) is 3.50. The SMILES string of the molecule is CCc1nc(COC)cc(N2CCCCC2C(=O)O)n1. The Balaban J connectivity index is 2.33. The molecule has 1 aromatic rings. The van der Waals surface area contributed by atoms with Crippen LogP contribution >= 0.6 is 0 Å². The monoisotopic (exact) mass is 279 g/mol. The van der Waals surface area contributed by atoms with Crippen LogP contribution < -0.4 is 4.90 Å². The molecule has 1 fully saturated rings. The minimum Gasteiger partial charge on any atom is -0.480 e. The van der Waals surface area contributed by atoms with Gasteiger partial charge in [-0.2, -0.15) is 0 Å². The summed E-state index contributed by atoms with van der Waals surface area (Å²) in [5.41, 5.74) is 0.795. The highest BCUT2D eigenvalue weighted by Gasteiger charge is 2.29. The summed E-state index contributed by atoms with van der Waals surface area (Å²) in [6.45, 7) is 3.12. The lowest BCUT2D eigenvalue weighted by Gasteiger charge is -2.34. The van der Waals surface area contributed by atoms with Crippen molar-refractivity contribution in [1.82, 2.24) is 9.97 Å². The van der Waals surface area contributed by atoms with Gasteiger partial charge in [-0.05, 0) is 19.3 Å². The maximum atomic E-state index is 11.4. The molecule has 0 saturated carbocycles. The number of nitrogens with zero attached hydrogens (tertiary/aromatic N) is 3. The molecule has 0 spiro atoms. The second-order valence-corrected chi connectivity index (χ2v) is 4.96. The van der Waals surface area contributed by atoms with Gasteiger partial charge in [0.1, 0.15) is 17.7 Å². The molecule has 110 valence electrons. The van der Waals surface area contributed by atoms with Crippen molar-refractivity contribution >= 4 is 11.8 Å². The number of ether oxygens (including phenoxy) is 1. The van der Waals surface area contributed by atoms with E-state index in [4.69, 9.17) is 4.74 Å². The average Bonchev–Trinajstić information content (AvgIpc) is 2.47. The first-order chi connectivity index (χ1) is 9.65. The second-order valence-electron chi connectivity index (χ2n) is 4.96. The largest absolute Gasteiger partial charge is 0.480 e. The standard InChI is InChI=1S/C14H21N3O3/c1-3-12-15-10(9-20-2)8-13(16-12)17-7-5-4-6-11(17)14(18)19/h8,11H,3-7,9H2,1-2H3,(H,18,19). The maximum absolute atomic E-state index is 11.4. The molecule has 1 unspecified atom stereocenters. The summed E-state index contributed by atoms with van der Waals surface area (Å²) in [7, 11) is 1.62. The molecule has 1 N–H and O–H groups in total.